The van der Waals surface area contributed by atoms with E-state index in [1.807, 2.05) is 24.3 Å². The van der Waals surface area contributed by atoms with Gasteiger partial charge in [0.15, 0.2) is 0 Å². The maximum atomic E-state index is 4.81. The molecule has 56 valence electrons. The second-order valence-corrected chi connectivity index (χ2v) is 2.03. The predicted molar refractivity (Wildman–Crippen MR) is 45.5 cm³/mol. The van der Waals surface area contributed by atoms with Gasteiger partial charge >= 0.3 is 23.1 Å². The van der Waals surface area contributed by atoms with Gasteiger partial charge in [-0.25, -0.2) is 0 Å². The average Bonchev–Trinajstić information content (AvgIpc) is 1.91. The fraction of sp³-hybridized carbons (Fsp3) is 0.143. The van der Waals surface area contributed by atoms with Gasteiger partial charge in [-0.05, 0) is 0 Å². The first-order valence-electron chi connectivity index (χ1n) is 2.71. The summed E-state index contributed by atoms with van der Waals surface area (Å²) < 4.78 is 4.81. The van der Waals surface area contributed by atoms with E-state index in [1.54, 1.807) is 0 Å². The van der Waals surface area contributed by atoms with Gasteiger partial charge < -0.3 is 16.9 Å². The number of hydrogen-bond donors (Lipinski definition) is 0. The molecule has 0 amide bonds. The summed E-state index contributed by atoms with van der Waals surface area (Å²) in [6.07, 6.45) is 0. The van der Waals surface area contributed by atoms with Crippen molar-refractivity contribution in [3.8, 4) is 0 Å². The molecule has 1 aromatic carbocycles. The van der Waals surface area contributed by atoms with Crippen LogP contribution in [0, 0.1) is 6.07 Å². The SMILES string of the molecule is POCc1[c-]cccc1.[Cl-].[Mg+2]. The minimum atomic E-state index is 0. The van der Waals surface area contributed by atoms with Crippen molar-refractivity contribution in [3.05, 3.63) is 35.9 Å². The molecule has 1 atom stereocenters. The minimum Gasteiger partial charge on any atom is -1.00 e. The van der Waals surface area contributed by atoms with Crippen LogP contribution in [0.15, 0.2) is 24.3 Å². The van der Waals surface area contributed by atoms with E-state index in [4.69, 9.17) is 4.52 Å². The van der Waals surface area contributed by atoms with Crippen LogP contribution < -0.4 is 12.4 Å². The van der Waals surface area contributed by atoms with Crippen LogP contribution in [0.1, 0.15) is 5.56 Å². The van der Waals surface area contributed by atoms with Crippen LogP contribution in [0.5, 0.6) is 0 Å². The molecule has 0 heterocycles. The molecule has 4 heteroatoms. The van der Waals surface area contributed by atoms with Crippen molar-refractivity contribution in [1.82, 2.24) is 0 Å². The summed E-state index contributed by atoms with van der Waals surface area (Å²) in [4.78, 5) is 0. The first kappa shape index (κ1) is 14.2. The van der Waals surface area contributed by atoms with Crippen molar-refractivity contribution in [2.45, 2.75) is 6.61 Å². The van der Waals surface area contributed by atoms with Gasteiger partial charge in [0.25, 0.3) is 0 Å². The Bertz CT molecular complexity index is 171. The molecule has 0 spiro atoms. The molecule has 11 heavy (non-hydrogen) atoms. The summed E-state index contributed by atoms with van der Waals surface area (Å²) in [5.74, 6) is 0. The summed E-state index contributed by atoms with van der Waals surface area (Å²) in [5.41, 5.74) is 1.08. The smallest absolute Gasteiger partial charge is 1.00 e. The third-order valence-electron chi connectivity index (χ3n) is 1.01. The van der Waals surface area contributed by atoms with Crippen LogP contribution in [0.4, 0.5) is 0 Å². The summed E-state index contributed by atoms with van der Waals surface area (Å²) in [6.45, 7) is 0.617. The molecular weight excluding hydrogens is 191 g/mol. The first-order valence-corrected chi connectivity index (χ1v) is 3.18. The maximum Gasteiger partial charge on any atom is 2.00 e. The van der Waals surface area contributed by atoms with Crippen molar-refractivity contribution in [2.24, 2.45) is 0 Å². The molecule has 0 saturated carbocycles. The molecule has 0 N–H and O–H groups in total. The summed E-state index contributed by atoms with van der Waals surface area (Å²) in [7, 11) is 2.21. The molecule has 0 bridgehead atoms. The molecular formula is C7H8ClMgOP. The second kappa shape index (κ2) is 8.76. The van der Waals surface area contributed by atoms with Crippen LogP contribution in [0.3, 0.4) is 0 Å². The number of halogens is 1. The van der Waals surface area contributed by atoms with Gasteiger partial charge in [0.1, 0.15) is 0 Å². The Hall–Kier alpha value is 0.666. The molecule has 0 aromatic heterocycles. The molecule has 0 saturated heterocycles. The molecule has 0 aliphatic rings. The van der Waals surface area contributed by atoms with Crippen molar-refractivity contribution in [1.29, 1.82) is 0 Å². The standard InChI is InChI=1S/C7H8OP.ClH.Mg/c9-8-6-7-4-2-1-3-5-7;;/h1-4H,6,9H2;1H;/q-1;;+2/p-1. The monoisotopic (exact) mass is 198 g/mol. The molecule has 0 radical (unpaired) electrons. The molecule has 1 unspecified atom stereocenters. The van der Waals surface area contributed by atoms with Gasteiger partial charge in [-0.3, -0.25) is 0 Å². The van der Waals surface area contributed by atoms with Gasteiger partial charge in [-0.1, -0.05) is 0 Å². The Labute approximate surface area is 91.7 Å². The van der Waals surface area contributed by atoms with Gasteiger partial charge in [0.2, 0.25) is 0 Å². The van der Waals surface area contributed by atoms with E-state index in [-0.39, 0.29) is 35.5 Å². The quantitative estimate of drug-likeness (QED) is 0.317. The van der Waals surface area contributed by atoms with E-state index in [9.17, 15) is 0 Å². The van der Waals surface area contributed by atoms with Gasteiger partial charge in [-0.15, -0.1) is 5.56 Å². The molecule has 1 rings (SSSR count). The van der Waals surface area contributed by atoms with Crippen LogP contribution >= 0.6 is 9.47 Å². The van der Waals surface area contributed by atoms with Crippen molar-refractivity contribution < 1.29 is 16.9 Å². The first-order chi connectivity index (χ1) is 4.43. The largest absolute Gasteiger partial charge is 2.00 e. The molecule has 1 nitrogen and oxygen atoms in total. The predicted octanol–water partition coefficient (Wildman–Crippen LogP) is -1.58. The minimum absolute atomic E-state index is 0. The molecule has 0 aliphatic carbocycles. The van der Waals surface area contributed by atoms with Crippen LogP contribution in [-0.4, -0.2) is 23.1 Å². The van der Waals surface area contributed by atoms with E-state index in [0.717, 1.165) is 5.56 Å². The zero-order valence-corrected chi connectivity index (χ0v) is 9.41. The van der Waals surface area contributed by atoms with E-state index in [0.29, 0.717) is 6.61 Å². The fourth-order valence-corrected chi connectivity index (χ4v) is 0.790. The normalized spacial score (nSPS) is 7.73. The fourth-order valence-electron chi connectivity index (χ4n) is 0.610. The van der Waals surface area contributed by atoms with Gasteiger partial charge in [0.05, 0.1) is 6.61 Å². The van der Waals surface area contributed by atoms with Crippen LogP contribution in [0.25, 0.3) is 0 Å². The molecule has 1 aromatic rings. The van der Waals surface area contributed by atoms with E-state index in [2.05, 4.69) is 15.5 Å². The molecule has 0 aliphatic heterocycles. The Morgan fingerprint density at radius 2 is 2.18 bits per heavy atom. The van der Waals surface area contributed by atoms with Gasteiger partial charge in [-0.2, -0.15) is 30.3 Å². The summed E-state index contributed by atoms with van der Waals surface area (Å²) >= 11 is 0. The van der Waals surface area contributed by atoms with Crippen molar-refractivity contribution >= 4 is 32.5 Å². The molecule has 0 fully saturated rings. The van der Waals surface area contributed by atoms with E-state index in [1.165, 1.54) is 0 Å². The van der Waals surface area contributed by atoms with Crippen LogP contribution in [-0.2, 0) is 11.1 Å². The Morgan fingerprint density at radius 1 is 1.45 bits per heavy atom. The van der Waals surface area contributed by atoms with E-state index < -0.39 is 0 Å². The summed E-state index contributed by atoms with van der Waals surface area (Å²) in [5, 5.41) is 0. The van der Waals surface area contributed by atoms with Crippen molar-refractivity contribution in [2.75, 3.05) is 0 Å². The number of benzene rings is 1. The Balaban J connectivity index is 0. The zero-order chi connectivity index (χ0) is 6.53. The number of rotatable bonds is 2. The Kier molecular flexibility index (Phi) is 11.3. The maximum absolute atomic E-state index is 4.81. The number of hydrogen-bond acceptors (Lipinski definition) is 1. The zero-order valence-electron chi connectivity index (χ0n) is 6.09. The van der Waals surface area contributed by atoms with E-state index >= 15 is 0 Å². The summed E-state index contributed by atoms with van der Waals surface area (Å²) in [6, 6.07) is 10.8. The second-order valence-electron chi connectivity index (χ2n) is 1.70. The topological polar surface area (TPSA) is 9.23 Å². The Morgan fingerprint density at radius 3 is 2.64 bits per heavy atom. The van der Waals surface area contributed by atoms with Crippen molar-refractivity contribution in [3.63, 3.8) is 0 Å². The third-order valence-corrected chi connectivity index (χ3v) is 1.18. The average molecular weight is 199 g/mol. The third kappa shape index (κ3) is 5.89. The van der Waals surface area contributed by atoms with Gasteiger partial charge in [0, 0.05) is 9.47 Å². The van der Waals surface area contributed by atoms with Crippen LogP contribution in [0.2, 0.25) is 0 Å².